The first-order valence-electron chi connectivity index (χ1n) is 13.3. The lowest BCUT2D eigenvalue weighted by molar-refractivity contribution is -0.137. The van der Waals surface area contributed by atoms with E-state index in [0.29, 0.717) is 24.8 Å². The predicted octanol–water partition coefficient (Wildman–Crippen LogP) is 6.91. The molecule has 6 nitrogen and oxygen atoms in total. The van der Waals surface area contributed by atoms with Crippen molar-refractivity contribution in [3.63, 3.8) is 0 Å². The molecule has 0 saturated heterocycles. The topological polar surface area (TPSA) is 78.5 Å². The largest absolute Gasteiger partial charge is 0.418 e. The maximum Gasteiger partial charge on any atom is 0.418 e. The number of amides is 1. The second kappa shape index (κ2) is 14.2. The normalized spacial score (nSPS) is 13.0. The first kappa shape index (κ1) is 32.5. The highest BCUT2D eigenvalue weighted by molar-refractivity contribution is 7.99. The maximum atomic E-state index is 14.2. The second-order valence-electron chi connectivity index (χ2n) is 10.2. The number of sulfonamides is 1. The molecule has 3 rings (SSSR count). The first-order valence-corrected chi connectivity index (χ1v) is 15.8. The number of thioether (sulfide) groups is 1. The van der Waals surface area contributed by atoms with Crippen LogP contribution in [-0.4, -0.2) is 49.6 Å². The predicted molar refractivity (Wildman–Crippen MR) is 159 cm³/mol. The summed E-state index contributed by atoms with van der Waals surface area (Å²) in [5.41, 5.74) is -1.27. The van der Waals surface area contributed by atoms with Crippen molar-refractivity contribution in [3.05, 3.63) is 90.0 Å². The van der Waals surface area contributed by atoms with Crippen molar-refractivity contribution in [2.24, 2.45) is 0 Å². The van der Waals surface area contributed by atoms with Crippen molar-refractivity contribution >= 4 is 33.4 Å². The molecule has 11 heteroatoms. The zero-order chi connectivity index (χ0) is 30.2. The number of carbonyl (C=O) groups is 1. The van der Waals surface area contributed by atoms with E-state index in [2.05, 4.69) is 37.9 Å². The van der Waals surface area contributed by atoms with Gasteiger partial charge in [-0.2, -0.15) is 13.2 Å². The number of benzene rings is 3. The quantitative estimate of drug-likeness (QED) is 0.206. The number of anilines is 1. The van der Waals surface area contributed by atoms with Crippen LogP contribution in [0, 0.1) is 0 Å². The minimum atomic E-state index is -4.84. The molecule has 0 bridgehead atoms. The van der Waals surface area contributed by atoms with Gasteiger partial charge in [-0.1, -0.05) is 36.4 Å². The third kappa shape index (κ3) is 9.51. The highest BCUT2D eigenvalue weighted by Gasteiger charge is 2.36. The Balaban J connectivity index is 1.88. The molecule has 2 N–H and O–H groups in total. The molecule has 0 spiro atoms. The summed E-state index contributed by atoms with van der Waals surface area (Å²) in [7, 11) is -4.56. The minimum Gasteiger partial charge on any atom is -0.381 e. The van der Waals surface area contributed by atoms with Gasteiger partial charge in [0, 0.05) is 46.6 Å². The molecule has 0 aliphatic heterocycles. The zero-order valence-electron chi connectivity index (χ0n) is 23.5. The summed E-state index contributed by atoms with van der Waals surface area (Å²) in [6.07, 6.45) is -4.27. The second-order valence-corrected chi connectivity index (χ2v) is 13.0. The molecule has 1 atom stereocenters. The summed E-state index contributed by atoms with van der Waals surface area (Å²) < 4.78 is 70.3. The van der Waals surface area contributed by atoms with E-state index in [1.54, 1.807) is 18.2 Å². The van der Waals surface area contributed by atoms with Gasteiger partial charge in [0.25, 0.3) is 15.9 Å². The Morgan fingerprint density at radius 3 is 2.05 bits per heavy atom. The Hall–Kier alpha value is -3.02. The Labute approximate surface area is 244 Å². The van der Waals surface area contributed by atoms with Crippen LogP contribution in [0.2, 0.25) is 0 Å². The molecule has 0 saturated carbocycles. The average molecular weight is 608 g/mol. The van der Waals surface area contributed by atoms with E-state index in [1.807, 2.05) is 35.1 Å². The van der Waals surface area contributed by atoms with Gasteiger partial charge in [-0.15, -0.1) is 11.8 Å². The van der Waals surface area contributed by atoms with Gasteiger partial charge in [-0.3, -0.25) is 9.69 Å². The highest BCUT2D eigenvalue weighted by Crippen LogP contribution is 2.37. The van der Waals surface area contributed by atoms with Crippen LogP contribution >= 0.6 is 11.8 Å². The molecular formula is C30H36F3N3O3S2. The number of alkyl halides is 3. The third-order valence-electron chi connectivity index (χ3n) is 6.49. The summed E-state index contributed by atoms with van der Waals surface area (Å²) in [4.78, 5) is 15.0. The number of nitrogens with one attached hydrogen (secondary N) is 2. The van der Waals surface area contributed by atoms with Crippen molar-refractivity contribution in [1.82, 2.24) is 9.62 Å². The molecule has 0 radical (unpaired) electrons. The lowest BCUT2D eigenvalue weighted by Gasteiger charge is -2.32. The molecular weight excluding hydrogens is 571 g/mol. The van der Waals surface area contributed by atoms with Crippen LogP contribution in [0.3, 0.4) is 0 Å². The number of hydrogen-bond donors (Lipinski definition) is 2. The van der Waals surface area contributed by atoms with E-state index < -0.39 is 32.6 Å². The van der Waals surface area contributed by atoms with Crippen molar-refractivity contribution in [2.45, 2.75) is 68.2 Å². The van der Waals surface area contributed by atoms with Crippen LogP contribution in [-0.2, 0) is 16.2 Å². The highest BCUT2D eigenvalue weighted by atomic mass is 32.2. The lowest BCUT2D eigenvalue weighted by atomic mass is 10.1. The maximum absolute atomic E-state index is 14.2. The van der Waals surface area contributed by atoms with Crippen molar-refractivity contribution in [2.75, 3.05) is 17.6 Å². The Kier molecular flexibility index (Phi) is 11.3. The standard InChI is InChI=1S/C30H36F3N3O3S2/c1-21(2)36(22(3)4)18-17-24(20-40-25-13-9-6-10-14-25)34-28-16-15-26(19-27(28)30(31,32)33)41(38,39)35-29(37)23-11-7-5-8-12-23/h5-16,19,21-22,24,34H,17-18,20H2,1-4H3,(H,35,37)/t24-/m1/s1. The molecule has 222 valence electrons. The summed E-state index contributed by atoms with van der Waals surface area (Å²) in [5, 5.41) is 3.05. The summed E-state index contributed by atoms with van der Waals surface area (Å²) in [6, 6.07) is 20.1. The Bertz CT molecular complexity index is 1380. The SMILES string of the molecule is CC(C)N(CC[C@H](CSc1ccccc1)Nc1ccc(S(=O)(=O)NC(=O)c2ccccc2)cc1C(F)(F)F)C(C)C. The molecule has 3 aromatic rings. The Morgan fingerprint density at radius 1 is 0.902 bits per heavy atom. The number of hydrogen-bond acceptors (Lipinski definition) is 6. The molecule has 0 unspecified atom stereocenters. The molecule has 1 amide bonds. The van der Waals surface area contributed by atoms with Gasteiger partial charge in [0.1, 0.15) is 0 Å². The lowest BCUT2D eigenvalue weighted by Crippen LogP contribution is -2.40. The fraction of sp³-hybridized carbons (Fsp3) is 0.367. The van der Waals surface area contributed by atoms with E-state index in [1.165, 1.54) is 23.9 Å². The van der Waals surface area contributed by atoms with Crippen LogP contribution < -0.4 is 10.0 Å². The van der Waals surface area contributed by atoms with Gasteiger partial charge in [0.05, 0.1) is 10.5 Å². The molecule has 3 aromatic carbocycles. The average Bonchev–Trinajstić information content (AvgIpc) is 2.91. The van der Waals surface area contributed by atoms with Gasteiger partial charge in [-0.25, -0.2) is 13.1 Å². The number of carbonyl (C=O) groups excluding carboxylic acids is 1. The summed E-state index contributed by atoms with van der Waals surface area (Å²) >= 11 is 1.54. The van der Waals surface area contributed by atoms with Crippen molar-refractivity contribution < 1.29 is 26.4 Å². The zero-order valence-corrected chi connectivity index (χ0v) is 25.1. The van der Waals surface area contributed by atoms with Crippen molar-refractivity contribution in [3.8, 4) is 0 Å². The van der Waals surface area contributed by atoms with E-state index in [0.717, 1.165) is 17.0 Å². The molecule has 0 aromatic heterocycles. The van der Waals surface area contributed by atoms with Crippen molar-refractivity contribution in [1.29, 1.82) is 0 Å². The smallest absolute Gasteiger partial charge is 0.381 e. The van der Waals surface area contributed by atoms with Crippen LogP contribution in [0.5, 0.6) is 0 Å². The van der Waals surface area contributed by atoms with Gasteiger partial charge in [-0.05, 0) is 76.6 Å². The molecule has 0 aliphatic carbocycles. The summed E-state index contributed by atoms with van der Waals surface area (Å²) in [5.74, 6) is -0.433. The minimum absolute atomic E-state index is 0.0704. The van der Waals surface area contributed by atoms with Gasteiger partial charge < -0.3 is 5.32 Å². The molecule has 0 heterocycles. The van der Waals surface area contributed by atoms with Gasteiger partial charge in [0.15, 0.2) is 0 Å². The van der Waals surface area contributed by atoms with Crippen LogP contribution in [0.15, 0.2) is 88.7 Å². The van der Waals surface area contributed by atoms with E-state index in [9.17, 15) is 26.4 Å². The molecule has 41 heavy (non-hydrogen) atoms. The van der Waals surface area contributed by atoms with Crippen LogP contribution in [0.4, 0.5) is 18.9 Å². The Morgan fingerprint density at radius 2 is 1.49 bits per heavy atom. The van der Waals surface area contributed by atoms with E-state index >= 15 is 0 Å². The van der Waals surface area contributed by atoms with Gasteiger partial charge >= 0.3 is 6.18 Å². The summed E-state index contributed by atoms with van der Waals surface area (Å²) in [6.45, 7) is 9.00. The fourth-order valence-corrected chi connectivity index (χ4v) is 6.42. The molecule has 0 aliphatic rings. The third-order valence-corrected chi connectivity index (χ3v) is 8.99. The monoisotopic (exact) mass is 607 g/mol. The van der Waals surface area contributed by atoms with E-state index in [4.69, 9.17) is 0 Å². The molecule has 0 fully saturated rings. The van der Waals surface area contributed by atoms with Gasteiger partial charge in [0.2, 0.25) is 0 Å². The van der Waals surface area contributed by atoms with Crippen LogP contribution in [0.25, 0.3) is 0 Å². The number of nitrogens with zero attached hydrogens (tertiary/aromatic N) is 1. The fourth-order valence-electron chi connectivity index (χ4n) is 4.43. The number of halogens is 3. The van der Waals surface area contributed by atoms with Crippen LogP contribution in [0.1, 0.15) is 50.0 Å². The number of rotatable bonds is 13. The van der Waals surface area contributed by atoms with E-state index in [-0.39, 0.29) is 29.4 Å². The first-order chi connectivity index (χ1) is 19.3.